The van der Waals surface area contributed by atoms with Crippen LogP contribution in [0.3, 0.4) is 0 Å². The maximum atomic E-state index is 13.0. The average molecular weight is 503 g/mol. The Kier molecular flexibility index (Phi) is 5.55. The lowest BCUT2D eigenvalue weighted by atomic mass is 9.65. The van der Waals surface area contributed by atoms with Crippen LogP contribution in [0.15, 0.2) is 59.7 Å². The van der Waals surface area contributed by atoms with Crippen molar-refractivity contribution in [2.75, 3.05) is 39.7 Å². The van der Waals surface area contributed by atoms with Crippen molar-refractivity contribution in [1.82, 2.24) is 0 Å². The van der Waals surface area contributed by atoms with Crippen LogP contribution in [0, 0.1) is 11.8 Å². The van der Waals surface area contributed by atoms with Gasteiger partial charge in [-0.3, -0.25) is 9.80 Å². The molecule has 0 spiro atoms. The molecule has 1 aliphatic carbocycles. The number of fused-ring (bicyclic) bond motifs is 4. The quantitative estimate of drug-likeness (QED) is 0.537. The van der Waals surface area contributed by atoms with Gasteiger partial charge in [0.05, 0.1) is 45.2 Å². The van der Waals surface area contributed by atoms with Crippen molar-refractivity contribution >= 4 is 17.4 Å². The molecule has 9 nitrogen and oxygen atoms in total. The molecule has 0 saturated heterocycles. The second-order valence-electron chi connectivity index (χ2n) is 9.10. The van der Waals surface area contributed by atoms with Gasteiger partial charge < -0.3 is 28.8 Å². The minimum atomic E-state index is -0.908. The second kappa shape index (κ2) is 8.92. The summed E-state index contributed by atoms with van der Waals surface area (Å²) in [6.07, 6.45) is 0. The predicted molar refractivity (Wildman–Crippen MR) is 135 cm³/mol. The van der Waals surface area contributed by atoms with E-state index in [0.717, 1.165) is 28.1 Å². The van der Waals surface area contributed by atoms with E-state index in [0.29, 0.717) is 35.3 Å². The Balaban J connectivity index is 1.57. The number of hydrogen-bond donors (Lipinski definition) is 1. The van der Waals surface area contributed by atoms with E-state index in [2.05, 4.69) is 0 Å². The minimum Gasteiger partial charge on any atom is -0.493 e. The highest BCUT2D eigenvalue weighted by atomic mass is 16.7. The number of nitrogens with zero attached hydrogens (tertiary/aromatic N) is 2. The van der Waals surface area contributed by atoms with E-state index in [-0.39, 0.29) is 12.7 Å². The number of carbonyl (C=O) groups is 1. The van der Waals surface area contributed by atoms with Gasteiger partial charge in [0.25, 0.3) is 0 Å². The topological polar surface area (TPSA) is 99.1 Å². The SMILES string of the molecule is COc1cc([C@@H]2c3cc4c(cc3C3=NN(c5ccccc5)C[C@H]3[C@H]2C(=O)O)OCO4)cc(OC)c1OC. The van der Waals surface area contributed by atoms with Crippen LogP contribution in [-0.4, -0.2) is 51.5 Å². The number of methoxy groups -OCH3 is 3. The van der Waals surface area contributed by atoms with Crippen LogP contribution in [0.2, 0.25) is 0 Å². The largest absolute Gasteiger partial charge is 0.493 e. The molecule has 2 heterocycles. The first-order valence-corrected chi connectivity index (χ1v) is 11.9. The lowest BCUT2D eigenvalue weighted by Gasteiger charge is -2.36. The summed E-state index contributed by atoms with van der Waals surface area (Å²) in [6, 6.07) is 17.2. The first-order chi connectivity index (χ1) is 18.0. The van der Waals surface area contributed by atoms with E-state index in [1.54, 1.807) is 14.2 Å². The molecule has 0 saturated carbocycles. The highest BCUT2D eigenvalue weighted by molar-refractivity contribution is 6.09. The zero-order valence-electron chi connectivity index (χ0n) is 20.6. The molecule has 3 aromatic carbocycles. The fourth-order valence-electron chi connectivity index (χ4n) is 5.66. The van der Waals surface area contributed by atoms with Gasteiger partial charge in [-0.05, 0) is 47.5 Å². The van der Waals surface area contributed by atoms with Crippen molar-refractivity contribution in [3.8, 4) is 28.7 Å². The maximum absolute atomic E-state index is 13.0. The highest BCUT2D eigenvalue weighted by Gasteiger charge is 2.50. The summed E-state index contributed by atoms with van der Waals surface area (Å²) in [5.74, 6) is -0.0446. The Morgan fingerprint density at radius 1 is 0.973 bits per heavy atom. The van der Waals surface area contributed by atoms with Crippen molar-refractivity contribution in [2.24, 2.45) is 16.9 Å². The number of para-hydroxylation sites is 1. The molecule has 0 bridgehead atoms. The summed E-state index contributed by atoms with van der Waals surface area (Å²) >= 11 is 0. The summed E-state index contributed by atoms with van der Waals surface area (Å²) in [7, 11) is 4.63. The summed E-state index contributed by atoms with van der Waals surface area (Å²) in [6.45, 7) is 0.548. The summed E-state index contributed by atoms with van der Waals surface area (Å²) < 4.78 is 28.1. The Morgan fingerprint density at radius 2 is 1.65 bits per heavy atom. The summed E-state index contributed by atoms with van der Waals surface area (Å²) in [4.78, 5) is 13.0. The number of hydrazone groups is 1. The van der Waals surface area contributed by atoms with Gasteiger partial charge in [0.1, 0.15) is 0 Å². The van der Waals surface area contributed by atoms with Crippen molar-refractivity contribution in [3.05, 3.63) is 71.3 Å². The van der Waals surface area contributed by atoms with Crippen molar-refractivity contribution < 1.29 is 33.6 Å². The second-order valence-corrected chi connectivity index (χ2v) is 9.10. The number of anilines is 1. The molecule has 0 radical (unpaired) electrons. The third-order valence-electron chi connectivity index (χ3n) is 7.28. The van der Waals surface area contributed by atoms with E-state index >= 15 is 0 Å². The molecule has 9 heteroatoms. The van der Waals surface area contributed by atoms with Gasteiger partial charge in [-0.1, -0.05) is 18.2 Å². The Labute approximate surface area is 213 Å². The molecular weight excluding hydrogens is 476 g/mol. The monoisotopic (exact) mass is 502 g/mol. The van der Waals surface area contributed by atoms with Crippen LogP contribution in [0.25, 0.3) is 0 Å². The standard InChI is InChI=1S/C28H26N2O7/c1-33-22-9-15(10-23(34-2)27(22)35-3)24-17-11-20-21(37-14-36-20)12-18(17)26-19(25(24)28(31)32)13-30(29-26)16-7-5-4-6-8-16/h4-12,19,24-25H,13-14H2,1-3H3,(H,31,32)/t19-,24+,25+/m0/s1. The number of ether oxygens (including phenoxy) is 5. The number of carboxylic acid groups (broad SMARTS) is 1. The van der Waals surface area contributed by atoms with Crippen LogP contribution >= 0.6 is 0 Å². The van der Waals surface area contributed by atoms with Gasteiger partial charge in [-0.2, -0.15) is 5.10 Å². The van der Waals surface area contributed by atoms with Crippen molar-refractivity contribution in [1.29, 1.82) is 0 Å². The first kappa shape index (κ1) is 23.0. The van der Waals surface area contributed by atoms with Gasteiger partial charge in [-0.15, -0.1) is 0 Å². The predicted octanol–water partition coefficient (Wildman–Crippen LogP) is 4.13. The van der Waals surface area contributed by atoms with E-state index < -0.39 is 17.8 Å². The number of hydrogen-bond acceptors (Lipinski definition) is 8. The lowest BCUT2D eigenvalue weighted by molar-refractivity contribution is -0.143. The third-order valence-corrected chi connectivity index (χ3v) is 7.28. The molecule has 0 unspecified atom stereocenters. The van der Waals surface area contributed by atoms with Crippen LogP contribution in [0.1, 0.15) is 22.6 Å². The van der Waals surface area contributed by atoms with Gasteiger partial charge >= 0.3 is 5.97 Å². The summed E-state index contributed by atoms with van der Waals surface area (Å²) in [5, 5.41) is 17.4. The molecule has 0 aromatic heterocycles. The van der Waals surface area contributed by atoms with Gasteiger partial charge in [0.2, 0.25) is 12.5 Å². The molecular formula is C28H26N2O7. The number of carboxylic acids is 1. The Morgan fingerprint density at radius 3 is 2.27 bits per heavy atom. The molecule has 1 N–H and O–H groups in total. The maximum Gasteiger partial charge on any atom is 0.308 e. The molecule has 3 aromatic rings. The van der Waals surface area contributed by atoms with E-state index in [1.807, 2.05) is 59.6 Å². The average Bonchev–Trinajstić information content (AvgIpc) is 3.57. The van der Waals surface area contributed by atoms with E-state index in [1.165, 1.54) is 7.11 Å². The van der Waals surface area contributed by atoms with Gasteiger partial charge in [0.15, 0.2) is 23.0 Å². The molecule has 37 heavy (non-hydrogen) atoms. The molecule has 2 aliphatic heterocycles. The normalized spacial score (nSPS) is 21.1. The Hall–Kier alpha value is -4.40. The molecule has 0 amide bonds. The van der Waals surface area contributed by atoms with Crippen LogP contribution in [0.4, 0.5) is 5.69 Å². The molecule has 3 atom stereocenters. The van der Waals surface area contributed by atoms with Gasteiger partial charge in [0, 0.05) is 17.4 Å². The molecule has 190 valence electrons. The van der Waals surface area contributed by atoms with Crippen molar-refractivity contribution in [3.63, 3.8) is 0 Å². The van der Waals surface area contributed by atoms with E-state index in [4.69, 9.17) is 28.8 Å². The van der Waals surface area contributed by atoms with Crippen LogP contribution < -0.4 is 28.7 Å². The first-order valence-electron chi connectivity index (χ1n) is 11.9. The Bertz CT molecular complexity index is 1380. The van der Waals surface area contributed by atoms with Gasteiger partial charge in [-0.25, -0.2) is 0 Å². The smallest absolute Gasteiger partial charge is 0.308 e. The van der Waals surface area contributed by atoms with Crippen LogP contribution in [0.5, 0.6) is 28.7 Å². The minimum absolute atomic E-state index is 0.113. The number of aliphatic carboxylic acids is 1. The molecule has 6 rings (SSSR count). The third kappa shape index (κ3) is 3.61. The molecule has 3 aliphatic rings. The zero-order valence-corrected chi connectivity index (χ0v) is 20.6. The van der Waals surface area contributed by atoms with Crippen molar-refractivity contribution in [2.45, 2.75) is 5.92 Å². The van der Waals surface area contributed by atoms with E-state index in [9.17, 15) is 9.90 Å². The fraction of sp³-hybridized carbons (Fsp3) is 0.286. The summed E-state index contributed by atoms with van der Waals surface area (Å²) in [5.41, 5.74) is 4.02. The van der Waals surface area contributed by atoms with Crippen LogP contribution in [-0.2, 0) is 4.79 Å². The molecule has 0 fully saturated rings. The number of rotatable bonds is 6. The fourth-order valence-corrected chi connectivity index (χ4v) is 5.66. The number of benzene rings is 3. The lowest BCUT2D eigenvalue weighted by Crippen LogP contribution is -2.41. The zero-order chi connectivity index (χ0) is 25.7. The highest BCUT2D eigenvalue weighted by Crippen LogP contribution is 2.52.